The highest BCUT2D eigenvalue weighted by Crippen LogP contribution is 2.39. The first-order valence-corrected chi connectivity index (χ1v) is 7.06. The Morgan fingerprint density at radius 1 is 1.58 bits per heavy atom. The van der Waals surface area contributed by atoms with Crippen molar-refractivity contribution in [3.05, 3.63) is 23.4 Å². The molecule has 0 aromatic carbocycles. The predicted octanol–water partition coefficient (Wildman–Crippen LogP) is 2.83. The fourth-order valence-electron chi connectivity index (χ4n) is 2.56. The number of nitrogens with one attached hydrogen (secondary N) is 1. The second-order valence-corrected chi connectivity index (χ2v) is 5.92. The highest BCUT2D eigenvalue weighted by atomic mass is 35.5. The summed E-state index contributed by atoms with van der Waals surface area (Å²) in [7, 11) is 0. The lowest BCUT2D eigenvalue weighted by atomic mass is 9.70. The lowest BCUT2D eigenvalue weighted by Gasteiger charge is -2.36. The SMILES string of the molecule is CC1CCC(CN)(C(=O)Nc2cc(Cl)ccn2)CC1. The van der Waals surface area contributed by atoms with Crippen LogP contribution in [0.15, 0.2) is 18.3 Å². The van der Waals surface area contributed by atoms with Crippen LogP contribution in [0, 0.1) is 11.3 Å². The number of pyridine rings is 1. The Morgan fingerprint density at radius 3 is 2.84 bits per heavy atom. The zero-order valence-electron chi connectivity index (χ0n) is 11.2. The topological polar surface area (TPSA) is 68.0 Å². The molecule has 1 amide bonds. The molecule has 1 aromatic rings. The molecule has 5 heteroatoms. The van der Waals surface area contributed by atoms with Gasteiger partial charge in [-0.1, -0.05) is 18.5 Å². The minimum Gasteiger partial charge on any atom is -0.329 e. The first-order chi connectivity index (χ1) is 9.05. The summed E-state index contributed by atoms with van der Waals surface area (Å²) >= 11 is 5.89. The van der Waals surface area contributed by atoms with Gasteiger partial charge in [0.15, 0.2) is 0 Å². The Labute approximate surface area is 118 Å². The molecule has 1 aliphatic rings. The van der Waals surface area contributed by atoms with E-state index in [1.165, 1.54) is 0 Å². The van der Waals surface area contributed by atoms with Gasteiger partial charge >= 0.3 is 0 Å². The van der Waals surface area contributed by atoms with Crippen LogP contribution in [0.3, 0.4) is 0 Å². The van der Waals surface area contributed by atoms with Crippen LogP contribution >= 0.6 is 11.6 Å². The van der Waals surface area contributed by atoms with Gasteiger partial charge in [-0.3, -0.25) is 4.79 Å². The van der Waals surface area contributed by atoms with Crippen molar-refractivity contribution in [3.63, 3.8) is 0 Å². The highest BCUT2D eigenvalue weighted by molar-refractivity contribution is 6.30. The van der Waals surface area contributed by atoms with E-state index >= 15 is 0 Å². The number of hydrogen-bond donors (Lipinski definition) is 2. The molecule has 1 aliphatic carbocycles. The third kappa shape index (κ3) is 3.25. The summed E-state index contributed by atoms with van der Waals surface area (Å²) in [4.78, 5) is 16.6. The van der Waals surface area contributed by atoms with Crippen molar-refractivity contribution >= 4 is 23.3 Å². The predicted molar refractivity (Wildman–Crippen MR) is 77.0 cm³/mol. The number of carbonyl (C=O) groups is 1. The Balaban J connectivity index is 2.09. The monoisotopic (exact) mass is 281 g/mol. The maximum Gasteiger partial charge on any atom is 0.233 e. The summed E-state index contributed by atoms with van der Waals surface area (Å²) in [6, 6.07) is 3.33. The van der Waals surface area contributed by atoms with Crippen LogP contribution in [0.1, 0.15) is 32.6 Å². The van der Waals surface area contributed by atoms with Crippen LogP contribution in [-0.4, -0.2) is 17.4 Å². The number of nitrogens with two attached hydrogens (primary N) is 1. The molecule has 1 fully saturated rings. The lowest BCUT2D eigenvalue weighted by molar-refractivity contribution is -0.127. The molecule has 1 aromatic heterocycles. The third-order valence-corrected chi connectivity index (χ3v) is 4.30. The molecule has 0 saturated heterocycles. The quantitative estimate of drug-likeness (QED) is 0.895. The Kier molecular flexibility index (Phi) is 4.42. The average Bonchev–Trinajstić information content (AvgIpc) is 2.40. The van der Waals surface area contributed by atoms with Gasteiger partial charge in [-0.15, -0.1) is 0 Å². The van der Waals surface area contributed by atoms with Gasteiger partial charge in [0, 0.05) is 17.8 Å². The molecule has 104 valence electrons. The molecular formula is C14H20ClN3O. The minimum atomic E-state index is -0.448. The van der Waals surface area contributed by atoms with E-state index in [2.05, 4.69) is 17.2 Å². The summed E-state index contributed by atoms with van der Waals surface area (Å²) in [5.41, 5.74) is 5.41. The van der Waals surface area contributed by atoms with Gasteiger partial charge in [0.2, 0.25) is 5.91 Å². The number of anilines is 1. The minimum absolute atomic E-state index is 0.0309. The van der Waals surface area contributed by atoms with Gasteiger partial charge in [-0.05, 0) is 43.7 Å². The van der Waals surface area contributed by atoms with Crippen LogP contribution in [0.25, 0.3) is 0 Å². The van der Waals surface area contributed by atoms with E-state index in [0.29, 0.717) is 23.3 Å². The zero-order chi connectivity index (χ0) is 13.9. The first kappa shape index (κ1) is 14.3. The van der Waals surface area contributed by atoms with Gasteiger partial charge in [0.05, 0.1) is 5.41 Å². The second-order valence-electron chi connectivity index (χ2n) is 5.48. The highest BCUT2D eigenvalue weighted by Gasteiger charge is 2.39. The van der Waals surface area contributed by atoms with Crippen molar-refractivity contribution in [1.29, 1.82) is 0 Å². The number of rotatable bonds is 3. The summed E-state index contributed by atoms with van der Waals surface area (Å²) in [5.74, 6) is 1.14. The van der Waals surface area contributed by atoms with Gasteiger partial charge in [0.1, 0.15) is 5.82 Å². The maximum absolute atomic E-state index is 12.5. The van der Waals surface area contributed by atoms with Crippen LogP contribution < -0.4 is 11.1 Å². The van der Waals surface area contributed by atoms with Crippen molar-refractivity contribution in [1.82, 2.24) is 4.98 Å². The van der Waals surface area contributed by atoms with Crippen LogP contribution in [0.4, 0.5) is 5.82 Å². The van der Waals surface area contributed by atoms with Gasteiger partial charge in [-0.2, -0.15) is 0 Å². The fraction of sp³-hybridized carbons (Fsp3) is 0.571. The Hall–Kier alpha value is -1.13. The number of hydrogen-bond acceptors (Lipinski definition) is 3. The number of nitrogens with zero attached hydrogens (tertiary/aromatic N) is 1. The zero-order valence-corrected chi connectivity index (χ0v) is 11.9. The molecule has 3 N–H and O–H groups in total. The van der Waals surface area contributed by atoms with Crippen molar-refractivity contribution in [2.75, 3.05) is 11.9 Å². The van der Waals surface area contributed by atoms with E-state index in [1.54, 1.807) is 18.3 Å². The van der Waals surface area contributed by atoms with Crippen LogP contribution in [-0.2, 0) is 4.79 Å². The molecule has 1 saturated carbocycles. The fourth-order valence-corrected chi connectivity index (χ4v) is 2.72. The molecule has 0 radical (unpaired) electrons. The summed E-state index contributed by atoms with van der Waals surface area (Å²) in [5, 5.41) is 3.40. The number of aromatic nitrogens is 1. The Bertz CT molecular complexity index is 456. The molecule has 0 spiro atoms. The van der Waals surface area contributed by atoms with E-state index in [1.807, 2.05) is 0 Å². The van der Waals surface area contributed by atoms with Gasteiger partial charge in [0.25, 0.3) is 0 Å². The van der Waals surface area contributed by atoms with Gasteiger partial charge in [-0.25, -0.2) is 4.98 Å². The molecule has 0 unspecified atom stereocenters. The Morgan fingerprint density at radius 2 is 2.26 bits per heavy atom. The van der Waals surface area contributed by atoms with E-state index in [-0.39, 0.29) is 5.91 Å². The molecular weight excluding hydrogens is 262 g/mol. The largest absolute Gasteiger partial charge is 0.329 e. The summed E-state index contributed by atoms with van der Waals surface area (Å²) in [6.45, 7) is 2.60. The molecule has 2 rings (SSSR count). The molecule has 0 bridgehead atoms. The smallest absolute Gasteiger partial charge is 0.233 e. The average molecular weight is 282 g/mol. The molecule has 19 heavy (non-hydrogen) atoms. The van der Waals surface area contributed by atoms with Crippen molar-refractivity contribution in [2.45, 2.75) is 32.6 Å². The van der Waals surface area contributed by atoms with E-state index < -0.39 is 5.41 Å². The molecule has 0 aliphatic heterocycles. The van der Waals surface area contributed by atoms with Crippen molar-refractivity contribution < 1.29 is 4.79 Å². The standard InChI is InChI=1S/C14H20ClN3O/c1-10-2-5-14(9-16,6-3-10)13(19)18-12-8-11(15)4-7-17-12/h4,7-8,10H,2-3,5-6,9,16H2,1H3,(H,17,18,19). The molecule has 1 heterocycles. The number of amides is 1. The van der Waals surface area contributed by atoms with Gasteiger partial charge < -0.3 is 11.1 Å². The third-order valence-electron chi connectivity index (χ3n) is 4.07. The molecule has 4 nitrogen and oxygen atoms in total. The maximum atomic E-state index is 12.5. The van der Waals surface area contributed by atoms with E-state index in [0.717, 1.165) is 25.7 Å². The summed E-state index contributed by atoms with van der Waals surface area (Å²) in [6.07, 6.45) is 5.37. The second kappa shape index (κ2) is 5.88. The number of carbonyl (C=O) groups excluding carboxylic acids is 1. The van der Waals surface area contributed by atoms with Crippen LogP contribution in [0.2, 0.25) is 5.02 Å². The van der Waals surface area contributed by atoms with Crippen molar-refractivity contribution in [3.8, 4) is 0 Å². The van der Waals surface area contributed by atoms with Crippen LogP contribution in [0.5, 0.6) is 0 Å². The van der Waals surface area contributed by atoms with E-state index in [9.17, 15) is 4.79 Å². The van der Waals surface area contributed by atoms with Crippen molar-refractivity contribution in [2.24, 2.45) is 17.1 Å². The van der Waals surface area contributed by atoms with E-state index in [4.69, 9.17) is 17.3 Å². The normalized spacial score (nSPS) is 27.0. The number of halogens is 1. The first-order valence-electron chi connectivity index (χ1n) is 6.69. The molecule has 0 atom stereocenters. The lowest BCUT2D eigenvalue weighted by Crippen LogP contribution is -2.44. The summed E-state index contributed by atoms with van der Waals surface area (Å²) < 4.78 is 0.